The number of nitrogens with zero attached hydrogens (tertiary/aromatic N) is 5. The van der Waals surface area contributed by atoms with Gasteiger partial charge in [-0.3, -0.25) is 10.1 Å². The molecule has 0 atom stereocenters. The van der Waals surface area contributed by atoms with Gasteiger partial charge in [0.2, 0.25) is 5.82 Å². The van der Waals surface area contributed by atoms with Gasteiger partial charge in [0, 0.05) is 26.0 Å². The molecule has 0 aliphatic heterocycles. The van der Waals surface area contributed by atoms with Gasteiger partial charge in [0.15, 0.2) is 10.2 Å². The molecule has 0 saturated carbocycles. The van der Waals surface area contributed by atoms with E-state index < -0.39 is 4.92 Å². The van der Waals surface area contributed by atoms with Gasteiger partial charge >= 0.3 is 5.69 Å². The summed E-state index contributed by atoms with van der Waals surface area (Å²) in [5.41, 5.74) is -0.117. The number of nitrogens with one attached hydrogen (secondary N) is 1. The number of imidazole rings is 1. The minimum atomic E-state index is -0.469. The van der Waals surface area contributed by atoms with Crippen LogP contribution < -0.4 is 5.32 Å². The monoisotopic (exact) mass is 294 g/mol. The maximum atomic E-state index is 11.3. The Labute approximate surface area is 119 Å². The van der Waals surface area contributed by atoms with E-state index in [0.717, 1.165) is 18.2 Å². The van der Waals surface area contributed by atoms with Gasteiger partial charge in [-0.25, -0.2) is 15.0 Å². The number of aromatic nitrogens is 4. The van der Waals surface area contributed by atoms with Crippen LogP contribution in [0, 0.1) is 10.1 Å². The summed E-state index contributed by atoms with van der Waals surface area (Å²) >= 11 is 1.14. The molecule has 2 aromatic rings. The predicted octanol–water partition coefficient (Wildman–Crippen LogP) is 2.09. The quantitative estimate of drug-likeness (QED) is 0.494. The maximum absolute atomic E-state index is 11.3. The number of nitro groups is 1. The first-order chi connectivity index (χ1) is 9.63. The fraction of sp³-hybridized carbons (Fsp3) is 0.364. The Morgan fingerprint density at radius 1 is 1.45 bits per heavy atom. The lowest BCUT2D eigenvalue weighted by Crippen LogP contribution is -2.07. The second-order valence-electron chi connectivity index (χ2n) is 3.98. The highest BCUT2D eigenvalue weighted by Crippen LogP contribution is 2.35. The highest BCUT2D eigenvalue weighted by atomic mass is 32.2. The standard InChI is InChI=1S/C11H14N6O2S/c1-3-4-12-9-8(17(18)19)10(15-7-14-9)20-11-13-5-6-16(11)2/h5-7H,3-4H2,1-2H3,(H,12,14,15). The van der Waals surface area contributed by atoms with Gasteiger partial charge < -0.3 is 9.88 Å². The molecule has 2 aromatic heterocycles. The summed E-state index contributed by atoms with van der Waals surface area (Å²) in [4.78, 5) is 22.9. The third-order valence-corrected chi connectivity index (χ3v) is 3.55. The first-order valence-corrected chi connectivity index (χ1v) is 6.83. The summed E-state index contributed by atoms with van der Waals surface area (Å²) in [5, 5.41) is 15.1. The van der Waals surface area contributed by atoms with Crippen LogP contribution in [0.15, 0.2) is 28.9 Å². The van der Waals surface area contributed by atoms with Crippen molar-refractivity contribution in [3.05, 3.63) is 28.8 Å². The minimum absolute atomic E-state index is 0.117. The van der Waals surface area contributed by atoms with E-state index in [2.05, 4.69) is 20.3 Å². The molecule has 2 heterocycles. The van der Waals surface area contributed by atoms with E-state index >= 15 is 0 Å². The van der Waals surface area contributed by atoms with E-state index in [1.807, 2.05) is 14.0 Å². The molecule has 0 saturated heterocycles. The molecule has 0 aliphatic carbocycles. The Balaban J connectivity index is 2.36. The average Bonchev–Trinajstić information content (AvgIpc) is 2.81. The topological polar surface area (TPSA) is 98.8 Å². The number of anilines is 1. The van der Waals surface area contributed by atoms with Crippen molar-refractivity contribution in [2.24, 2.45) is 7.05 Å². The van der Waals surface area contributed by atoms with Gasteiger partial charge in [0.05, 0.1) is 4.92 Å². The molecule has 0 spiro atoms. The van der Waals surface area contributed by atoms with Crippen molar-refractivity contribution in [3.8, 4) is 0 Å². The normalized spacial score (nSPS) is 10.5. The molecule has 9 heteroatoms. The average molecular weight is 294 g/mol. The second kappa shape index (κ2) is 6.33. The third kappa shape index (κ3) is 3.05. The van der Waals surface area contributed by atoms with Crippen LogP contribution in [-0.2, 0) is 7.05 Å². The van der Waals surface area contributed by atoms with Crippen molar-refractivity contribution in [1.29, 1.82) is 0 Å². The van der Waals surface area contributed by atoms with Crippen LogP contribution in [0.25, 0.3) is 0 Å². The van der Waals surface area contributed by atoms with Crippen molar-refractivity contribution >= 4 is 23.3 Å². The van der Waals surface area contributed by atoms with E-state index in [1.165, 1.54) is 6.33 Å². The Morgan fingerprint density at radius 2 is 2.25 bits per heavy atom. The van der Waals surface area contributed by atoms with Gasteiger partial charge in [0.1, 0.15) is 6.33 Å². The second-order valence-corrected chi connectivity index (χ2v) is 4.94. The molecule has 0 fully saturated rings. The highest BCUT2D eigenvalue weighted by Gasteiger charge is 2.24. The Hall–Kier alpha value is -2.16. The van der Waals surface area contributed by atoms with Crippen molar-refractivity contribution in [1.82, 2.24) is 19.5 Å². The van der Waals surface area contributed by atoms with E-state index in [0.29, 0.717) is 11.7 Å². The van der Waals surface area contributed by atoms with Crippen molar-refractivity contribution in [3.63, 3.8) is 0 Å². The lowest BCUT2D eigenvalue weighted by atomic mass is 10.4. The summed E-state index contributed by atoms with van der Waals surface area (Å²) in [5.74, 6) is 0.239. The Morgan fingerprint density at radius 3 is 2.85 bits per heavy atom. The number of rotatable bonds is 6. The molecule has 0 bridgehead atoms. The Kier molecular flexibility index (Phi) is 4.51. The number of hydrogen-bond acceptors (Lipinski definition) is 7. The zero-order valence-electron chi connectivity index (χ0n) is 11.1. The summed E-state index contributed by atoms with van der Waals surface area (Å²) in [6, 6.07) is 0. The molecule has 0 radical (unpaired) electrons. The van der Waals surface area contributed by atoms with E-state index in [1.54, 1.807) is 17.0 Å². The van der Waals surface area contributed by atoms with Crippen molar-refractivity contribution in [2.45, 2.75) is 23.5 Å². The van der Waals surface area contributed by atoms with Gasteiger partial charge in [0.25, 0.3) is 0 Å². The molecule has 0 aromatic carbocycles. The van der Waals surface area contributed by atoms with Crippen LogP contribution in [0.3, 0.4) is 0 Å². The summed E-state index contributed by atoms with van der Waals surface area (Å²) < 4.78 is 1.77. The first kappa shape index (κ1) is 14.3. The van der Waals surface area contributed by atoms with Crippen LogP contribution in [0.1, 0.15) is 13.3 Å². The molecular weight excluding hydrogens is 280 g/mol. The maximum Gasteiger partial charge on any atom is 0.343 e. The number of hydrogen-bond donors (Lipinski definition) is 1. The third-order valence-electron chi connectivity index (χ3n) is 2.48. The molecule has 0 unspecified atom stereocenters. The van der Waals surface area contributed by atoms with E-state index in [-0.39, 0.29) is 16.5 Å². The first-order valence-electron chi connectivity index (χ1n) is 6.02. The summed E-state index contributed by atoms with van der Waals surface area (Å²) in [7, 11) is 1.82. The molecule has 1 N–H and O–H groups in total. The zero-order valence-corrected chi connectivity index (χ0v) is 11.9. The molecule has 106 valence electrons. The molecule has 2 rings (SSSR count). The lowest BCUT2D eigenvalue weighted by Gasteiger charge is -2.07. The summed E-state index contributed by atoms with van der Waals surface area (Å²) in [6.07, 6.45) is 5.57. The molecule has 0 amide bonds. The van der Waals surface area contributed by atoms with Gasteiger partial charge in [-0.15, -0.1) is 0 Å². The lowest BCUT2D eigenvalue weighted by molar-refractivity contribution is -0.387. The van der Waals surface area contributed by atoms with Crippen LogP contribution in [0.2, 0.25) is 0 Å². The largest absolute Gasteiger partial charge is 0.364 e. The molecule has 8 nitrogen and oxygen atoms in total. The van der Waals surface area contributed by atoms with Gasteiger partial charge in [-0.2, -0.15) is 0 Å². The van der Waals surface area contributed by atoms with Crippen molar-refractivity contribution in [2.75, 3.05) is 11.9 Å². The molecule has 20 heavy (non-hydrogen) atoms. The zero-order chi connectivity index (χ0) is 14.5. The van der Waals surface area contributed by atoms with E-state index in [4.69, 9.17) is 0 Å². The fourth-order valence-electron chi connectivity index (χ4n) is 1.51. The predicted molar refractivity (Wildman–Crippen MR) is 74.8 cm³/mol. The van der Waals surface area contributed by atoms with Gasteiger partial charge in [-0.1, -0.05) is 6.92 Å². The van der Waals surface area contributed by atoms with Crippen molar-refractivity contribution < 1.29 is 4.92 Å². The molecule has 0 aliphatic rings. The van der Waals surface area contributed by atoms with Crippen LogP contribution in [-0.4, -0.2) is 31.0 Å². The van der Waals surface area contributed by atoms with Gasteiger partial charge in [-0.05, 0) is 18.2 Å². The van der Waals surface area contributed by atoms with Crippen LogP contribution >= 0.6 is 11.8 Å². The van der Waals surface area contributed by atoms with Crippen LogP contribution in [0.5, 0.6) is 0 Å². The SMILES string of the molecule is CCCNc1ncnc(Sc2nccn2C)c1[N+](=O)[O-]. The fourth-order valence-corrected chi connectivity index (χ4v) is 2.37. The van der Waals surface area contributed by atoms with E-state index in [9.17, 15) is 10.1 Å². The molecular formula is C11H14N6O2S. The van der Waals surface area contributed by atoms with Crippen LogP contribution in [0.4, 0.5) is 11.5 Å². The smallest absolute Gasteiger partial charge is 0.343 e. The Bertz CT molecular complexity index is 615. The summed E-state index contributed by atoms with van der Waals surface area (Å²) in [6.45, 7) is 2.59. The number of aryl methyl sites for hydroxylation is 1. The highest BCUT2D eigenvalue weighted by molar-refractivity contribution is 7.99. The minimum Gasteiger partial charge on any atom is -0.364 e.